The van der Waals surface area contributed by atoms with E-state index in [1.165, 1.54) is 0 Å². The Labute approximate surface area is 391 Å². The molecule has 0 fully saturated rings. The third-order valence-corrected chi connectivity index (χ3v) is 10.6. The van der Waals surface area contributed by atoms with Gasteiger partial charge < -0.3 is 31.6 Å². The fourth-order valence-corrected chi connectivity index (χ4v) is 7.21. The largest absolute Gasteiger partial charge is 0.466 e. The van der Waals surface area contributed by atoms with Crippen LogP contribution in [0.4, 0.5) is 11.4 Å². The second-order valence-corrected chi connectivity index (χ2v) is 16.0. The number of esters is 2. The Bertz CT molecular complexity index is 2750. The molecule has 5 aromatic carbocycles. The summed E-state index contributed by atoms with van der Waals surface area (Å²) in [5, 5.41) is 5.77. The highest BCUT2D eigenvalue weighted by molar-refractivity contribution is 6.06. The van der Waals surface area contributed by atoms with Crippen molar-refractivity contribution in [3.05, 3.63) is 198 Å². The van der Waals surface area contributed by atoms with E-state index in [1.807, 2.05) is 112 Å². The minimum atomic E-state index is -0.285. The maximum absolute atomic E-state index is 12.9. The molecule has 2 unspecified atom stereocenters. The van der Waals surface area contributed by atoms with Gasteiger partial charge in [-0.05, 0) is 138 Å². The van der Waals surface area contributed by atoms with Crippen molar-refractivity contribution in [1.82, 2.24) is 9.97 Å². The molecular weight excluding hydrogens is 841 g/mol. The number of nitrogens with one attached hydrogen (secondary N) is 2. The summed E-state index contributed by atoms with van der Waals surface area (Å²) >= 11 is 0. The molecule has 0 saturated heterocycles. The summed E-state index contributed by atoms with van der Waals surface area (Å²) in [7, 11) is 0. The predicted octanol–water partition coefficient (Wildman–Crippen LogP) is 10.5. The molecule has 6 N–H and O–H groups in total. The summed E-state index contributed by atoms with van der Waals surface area (Å²) in [5.74, 6) is -0.359. The number of rotatable bonds is 17. The predicted molar refractivity (Wildman–Crippen MR) is 263 cm³/mol. The molecule has 12 nitrogen and oxygen atoms in total. The maximum Gasteiger partial charge on any atom is 0.311 e. The van der Waals surface area contributed by atoms with Gasteiger partial charge in [0.2, 0.25) is 0 Å². The summed E-state index contributed by atoms with van der Waals surface area (Å²) < 4.78 is 10.6. The molecule has 7 aromatic rings. The van der Waals surface area contributed by atoms with Gasteiger partial charge >= 0.3 is 11.9 Å². The molecule has 0 aliphatic rings. The molecule has 342 valence electrons. The quantitative estimate of drug-likeness (QED) is 0.0506. The van der Waals surface area contributed by atoms with Gasteiger partial charge in [-0.3, -0.25) is 29.1 Å². The van der Waals surface area contributed by atoms with E-state index in [0.29, 0.717) is 54.1 Å². The molecule has 2 heterocycles. The zero-order valence-electron chi connectivity index (χ0n) is 38.0. The van der Waals surface area contributed by atoms with Crippen molar-refractivity contribution in [2.45, 2.75) is 65.0 Å². The molecule has 0 bridgehead atoms. The van der Waals surface area contributed by atoms with E-state index < -0.39 is 0 Å². The number of amides is 2. The number of aryl methyl sites for hydroxylation is 2. The van der Waals surface area contributed by atoms with Crippen LogP contribution in [-0.2, 0) is 27.2 Å². The molecule has 12 heteroatoms. The van der Waals surface area contributed by atoms with Crippen LogP contribution in [0.2, 0.25) is 0 Å². The van der Waals surface area contributed by atoms with E-state index in [0.717, 1.165) is 50.9 Å². The van der Waals surface area contributed by atoms with Crippen molar-refractivity contribution in [3.63, 3.8) is 0 Å². The minimum Gasteiger partial charge on any atom is -0.466 e. The van der Waals surface area contributed by atoms with Crippen LogP contribution in [0.5, 0.6) is 5.75 Å². The molecule has 0 aliphatic carbocycles. The van der Waals surface area contributed by atoms with Gasteiger partial charge in [0.05, 0.1) is 6.61 Å². The van der Waals surface area contributed by atoms with Crippen molar-refractivity contribution in [2.24, 2.45) is 11.5 Å². The highest BCUT2D eigenvalue weighted by Crippen LogP contribution is 2.32. The van der Waals surface area contributed by atoms with Gasteiger partial charge in [0.25, 0.3) is 11.8 Å². The monoisotopic (exact) mass is 896 g/mol. The van der Waals surface area contributed by atoms with Crippen molar-refractivity contribution in [2.75, 3.05) is 17.2 Å². The number of nitrogens with two attached hydrogens (primary N) is 2. The number of aromatic nitrogens is 2. The number of ether oxygens (including phenoxy) is 2. The Morgan fingerprint density at radius 2 is 1.01 bits per heavy atom. The van der Waals surface area contributed by atoms with Gasteiger partial charge in [0.15, 0.2) is 0 Å². The third kappa shape index (κ3) is 14.6. The maximum atomic E-state index is 12.9. The normalized spacial score (nSPS) is 11.5. The van der Waals surface area contributed by atoms with E-state index in [4.69, 9.17) is 20.9 Å². The second-order valence-electron chi connectivity index (χ2n) is 16.0. The van der Waals surface area contributed by atoms with Crippen LogP contribution in [0.15, 0.2) is 164 Å². The van der Waals surface area contributed by atoms with Crippen LogP contribution in [0.3, 0.4) is 0 Å². The van der Waals surface area contributed by atoms with E-state index in [-0.39, 0.29) is 42.3 Å². The topological polar surface area (TPSA) is 189 Å². The Morgan fingerprint density at radius 3 is 1.46 bits per heavy atom. The number of hydrogen-bond donors (Lipinski definition) is 4. The number of benzene rings is 5. The Kier molecular flexibility index (Phi) is 17.8. The lowest BCUT2D eigenvalue weighted by Gasteiger charge is -2.16. The molecule has 2 amide bonds. The first kappa shape index (κ1) is 48.7. The summed E-state index contributed by atoms with van der Waals surface area (Å²) in [6.07, 6.45) is 9.04. The third-order valence-electron chi connectivity index (χ3n) is 10.6. The van der Waals surface area contributed by atoms with Crippen LogP contribution in [0.1, 0.15) is 95.1 Å². The number of carbonyl (C=O) groups excluding carboxylic acids is 4. The highest BCUT2D eigenvalue weighted by atomic mass is 16.5. The van der Waals surface area contributed by atoms with Crippen molar-refractivity contribution < 1.29 is 28.7 Å². The fraction of sp³-hybridized carbons (Fsp3) is 0.200. The Balaban J connectivity index is 0.000000222. The molecule has 7 rings (SSSR count). The number of nitrogens with zero attached hydrogens (tertiary/aromatic N) is 2. The number of pyridine rings is 2. The highest BCUT2D eigenvalue weighted by Gasteiger charge is 2.17. The van der Waals surface area contributed by atoms with Gasteiger partial charge in [-0.2, -0.15) is 0 Å². The molecule has 0 spiro atoms. The first-order valence-corrected chi connectivity index (χ1v) is 22.3. The average Bonchev–Trinajstić information content (AvgIpc) is 3.35. The second kappa shape index (κ2) is 24.5. The molecule has 0 radical (unpaired) electrons. The lowest BCUT2D eigenvalue weighted by Crippen LogP contribution is -2.13. The number of carbonyl (C=O) groups is 4. The number of hydrogen-bond acceptors (Lipinski definition) is 10. The number of para-hydroxylation sites is 1. The average molecular weight is 897 g/mol. The summed E-state index contributed by atoms with van der Waals surface area (Å²) in [6.45, 7) is 6.26. The van der Waals surface area contributed by atoms with Gasteiger partial charge in [-0.1, -0.05) is 85.8 Å². The van der Waals surface area contributed by atoms with Gasteiger partial charge in [0, 0.05) is 72.2 Å². The van der Waals surface area contributed by atoms with Gasteiger partial charge in [0.1, 0.15) is 5.75 Å². The van der Waals surface area contributed by atoms with E-state index in [1.54, 1.807) is 73.3 Å². The molecule has 0 aliphatic heterocycles. The van der Waals surface area contributed by atoms with E-state index >= 15 is 0 Å². The van der Waals surface area contributed by atoms with Gasteiger partial charge in [-0.15, -0.1) is 0 Å². The summed E-state index contributed by atoms with van der Waals surface area (Å²) in [4.78, 5) is 57.7. The SMILES string of the molecule is CC(N)c1ccc(C(=O)Nc2ccncc2)cc1-c1cccc(CCC(=O)Oc2ccccc2)c1.CCCOC(=O)CCc1cccc(-c2cc(C(=O)Nc3ccncc3)ccc2C(C)N)c1. The first-order valence-electron chi connectivity index (χ1n) is 22.3. The first-order chi connectivity index (χ1) is 32.5. The molecular formula is C55H56N6O6. The standard InChI is InChI=1S/C29H27N3O3.C26H29N3O3/c1-20(30)26-12-11-23(29(34)32-24-14-16-31-17-15-24)19-27(26)22-7-5-6-21(18-22)10-13-28(33)35-25-8-3-2-4-9-25;1-3-15-32-25(30)10-7-19-5-4-6-20(16-19)24-17-21(8-9-23(24)18(2)27)26(31)29-22-11-13-28-14-12-22/h2-9,11-12,14-20H,10,13,30H2,1H3,(H,31,32,34);4-6,8-9,11-14,16-18H,3,7,10,15,27H2,1-2H3,(H,28,29,31). The minimum absolute atomic E-state index is 0.191. The van der Waals surface area contributed by atoms with Gasteiger partial charge in [-0.25, -0.2) is 0 Å². The van der Waals surface area contributed by atoms with Crippen LogP contribution in [-0.4, -0.2) is 40.3 Å². The van der Waals surface area contributed by atoms with Crippen LogP contribution < -0.4 is 26.8 Å². The van der Waals surface area contributed by atoms with E-state index in [2.05, 4.69) is 20.6 Å². The lowest BCUT2D eigenvalue weighted by molar-refractivity contribution is -0.143. The van der Waals surface area contributed by atoms with Crippen molar-refractivity contribution in [1.29, 1.82) is 0 Å². The zero-order chi connectivity index (χ0) is 47.5. The zero-order valence-corrected chi connectivity index (χ0v) is 38.0. The lowest BCUT2D eigenvalue weighted by atomic mass is 9.92. The van der Waals surface area contributed by atoms with Crippen LogP contribution in [0, 0.1) is 0 Å². The Hall–Kier alpha value is -7.80. The molecule has 2 atom stereocenters. The fourth-order valence-electron chi connectivity index (χ4n) is 7.21. The van der Waals surface area contributed by atoms with Crippen molar-refractivity contribution >= 4 is 35.1 Å². The summed E-state index contributed by atoms with van der Waals surface area (Å²) in [5.41, 5.74) is 22.5. The molecule has 0 saturated carbocycles. The summed E-state index contributed by atoms with van der Waals surface area (Å²) in [6, 6.07) is 42.6. The van der Waals surface area contributed by atoms with Crippen LogP contribution in [0.25, 0.3) is 22.3 Å². The Morgan fingerprint density at radius 1 is 0.552 bits per heavy atom. The van der Waals surface area contributed by atoms with Crippen LogP contribution >= 0.6 is 0 Å². The molecule has 2 aromatic heterocycles. The van der Waals surface area contributed by atoms with Crippen molar-refractivity contribution in [3.8, 4) is 28.0 Å². The number of anilines is 2. The molecule has 67 heavy (non-hydrogen) atoms. The van der Waals surface area contributed by atoms with E-state index in [9.17, 15) is 19.2 Å². The smallest absolute Gasteiger partial charge is 0.311 e.